The van der Waals surface area contributed by atoms with E-state index in [1.165, 1.54) is 23.5 Å². The van der Waals surface area contributed by atoms with Gasteiger partial charge in [0.1, 0.15) is 5.82 Å². The van der Waals surface area contributed by atoms with Gasteiger partial charge in [-0.2, -0.15) is 0 Å². The standard InChI is InChI=1S/C12H10FNO3S/c1-2-17-12(15)11(14-16)9-6-18-10-5-7(13)3-4-8(9)10/h3-6,16H,2H2,1H3/b14-11+. The third-order valence-corrected chi connectivity index (χ3v) is 3.31. The van der Waals surface area contributed by atoms with Gasteiger partial charge in [-0.15, -0.1) is 11.3 Å². The predicted molar refractivity (Wildman–Crippen MR) is 66.7 cm³/mol. The summed E-state index contributed by atoms with van der Waals surface area (Å²) in [5.41, 5.74) is 0.269. The minimum atomic E-state index is -0.705. The number of carbonyl (C=O) groups excluding carboxylic acids is 1. The van der Waals surface area contributed by atoms with Crippen LogP contribution in [0.1, 0.15) is 12.5 Å². The molecule has 1 aromatic heterocycles. The van der Waals surface area contributed by atoms with Crippen molar-refractivity contribution >= 4 is 33.1 Å². The van der Waals surface area contributed by atoms with Crippen molar-refractivity contribution in [2.75, 3.05) is 6.61 Å². The molecule has 0 radical (unpaired) electrons. The van der Waals surface area contributed by atoms with Crippen LogP contribution in [0.4, 0.5) is 4.39 Å². The summed E-state index contributed by atoms with van der Waals surface area (Å²) in [5.74, 6) is -1.06. The molecule has 1 heterocycles. The Hall–Kier alpha value is -1.95. The molecule has 0 atom stereocenters. The zero-order valence-electron chi connectivity index (χ0n) is 9.51. The number of oxime groups is 1. The van der Waals surface area contributed by atoms with Crippen LogP contribution < -0.4 is 0 Å². The molecule has 0 saturated heterocycles. The number of rotatable bonds is 3. The third-order valence-electron chi connectivity index (χ3n) is 2.36. The Morgan fingerprint density at radius 3 is 3.00 bits per heavy atom. The fourth-order valence-corrected chi connectivity index (χ4v) is 2.56. The summed E-state index contributed by atoms with van der Waals surface area (Å²) in [6.07, 6.45) is 0. The van der Waals surface area contributed by atoms with Gasteiger partial charge in [0, 0.05) is 21.0 Å². The lowest BCUT2D eigenvalue weighted by Crippen LogP contribution is -2.18. The number of ether oxygens (including phenoxy) is 1. The minimum absolute atomic E-state index is 0.172. The van der Waals surface area contributed by atoms with Gasteiger partial charge in [-0.1, -0.05) is 5.16 Å². The quantitative estimate of drug-likeness (QED) is 0.402. The van der Waals surface area contributed by atoms with Crippen LogP contribution in [0, 0.1) is 5.82 Å². The number of hydrogen-bond acceptors (Lipinski definition) is 5. The van der Waals surface area contributed by atoms with E-state index in [9.17, 15) is 9.18 Å². The van der Waals surface area contributed by atoms with Crippen LogP contribution >= 0.6 is 11.3 Å². The highest BCUT2D eigenvalue weighted by molar-refractivity contribution is 7.17. The normalized spacial score (nSPS) is 11.8. The predicted octanol–water partition coefficient (Wildman–Crippen LogP) is 2.78. The van der Waals surface area contributed by atoms with Gasteiger partial charge in [0.15, 0.2) is 5.71 Å². The summed E-state index contributed by atoms with van der Waals surface area (Å²) in [6, 6.07) is 4.20. The van der Waals surface area contributed by atoms with Crippen molar-refractivity contribution in [3.8, 4) is 0 Å². The molecule has 94 valence electrons. The first-order chi connectivity index (χ1) is 8.67. The van der Waals surface area contributed by atoms with Gasteiger partial charge in [-0.05, 0) is 25.1 Å². The Balaban J connectivity index is 2.50. The Kier molecular flexibility index (Phi) is 3.57. The maximum absolute atomic E-state index is 13.0. The molecule has 0 amide bonds. The second kappa shape index (κ2) is 5.14. The van der Waals surface area contributed by atoms with E-state index in [0.717, 1.165) is 0 Å². The number of thiophene rings is 1. The van der Waals surface area contributed by atoms with E-state index >= 15 is 0 Å². The molecule has 0 aliphatic heterocycles. The number of fused-ring (bicyclic) bond motifs is 1. The number of esters is 1. The highest BCUT2D eigenvalue weighted by Gasteiger charge is 2.20. The van der Waals surface area contributed by atoms with Crippen molar-refractivity contribution in [1.82, 2.24) is 0 Å². The first-order valence-electron chi connectivity index (χ1n) is 5.23. The second-order valence-electron chi connectivity index (χ2n) is 3.46. The van der Waals surface area contributed by atoms with Crippen LogP contribution in [0.25, 0.3) is 10.1 Å². The van der Waals surface area contributed by atoms with Gasteiger partial charge in [0.2, 0.25) is 0 Å². The van der Waals surface area contributed by atoms with Gasteiger partial charge in [-0.25, -0.2) is 9.18 Å². The molecule has 6 heteroatoms. The van der Waals surface area contributed by atoms with Crippen molar-refractivity contribution in [2.45, 2.75) is 6.92 Å². The van der Waals surface area contributed by atoms with Gasteiger partial charge in [-0.3, -0.25) is 0 Å². The molecule has 0 spiro atoms. The number of halogens is 1. The maximum atomic E-state index is 13.0. The molecular formula is C12H10FNO3S. The van der Waals surface area contributed by atoms with Gasteiger partial charge < -0.3 is 9.94 Å². The summed E-state index contributed by atoms with van der Waals surface area (Å²) >= 11 is 1.27. The number of carbonyl (C=O) groups is 1. The van der Waals surface area contributed by atoms with Crippen LogP contribution in [0.5, 0.6) is 0 Å². The molecular weight excluding hydrogens is 257 g/mol. The lowest BCUT2D eigenvalue weighted by Gasteiger charge is -2.02. The van der Waals surface area contributed by atoms with Crippen molar-refractivity contribution in [3.63, 3.8) is 0 Å². The fourth-order valence-electron chi connectivity index (χ4n) is 1.59. The molecule has 0 unspecified atom stereocenters. The minimum Gasteiger partial charge on any atom is -0.461 e. The third kappa shape index (κ3) is 2.19. The highest BCUT2D eigenvalue weighted by Crippen LogP contribution is 2.27. The SMILES string of the molecule is CCOC(=O)/C(=N/O)c1csc2cc(F)ccc12. The van der Waals surface area contributed by atoms with Crippen LogP contribution in [0.3, 0.4) is 0 Å². The maximum Gasteiger partial charge on any atom is 0.361 e. The topological polar surface area (TPSA) is 58.9 Å². The Bertz CT molecular complexity index is 621. The van der Waals surface area contributed by atoms with Crippen LogP contribution in [0.15, 0.2) is 28.7 Å². The number of benzene rings is 1. The largest absolute Gasteiger partial charge is 0.461 e. The Morgan fingerprint density at radius 2 is 2.33 bits per heavy atom. The zero-order valence-corrected chi connectivity index (χ0v) is 10.3. The van der Waals surface area contributed by atoms with E-state index < -0.39 is 5.97 Å². The Morgan fingerprint density at radius 1 is 1.56 bits per heavy atom. The van der Waals surface area contributed by atoms with Gasteiger partial charge in [0.05, 0.1) is 6.61 Å². The molecule has 2 rings (SSSR count). The first-order valence-corrected chi connectivity index (χ1v) is 6.11. The van der Waals surface area contributed by atoms with E-state index in [-0.39, 0.29) is 18.1 Å². The van der Waals surface area contributed by atoms with Crippen molar-refractivity contribution in [2.24, 2.45) is 5.16 Å². The zero-order chi connectivity index (χ0) is 13.1. The monoisotopic (exact) mass is 267 g/mol. The number of nitrogens with zero attached hydrogens (tertiary/aromatic N) is 1. The molecule has 1 aromatic carbocycles. The van der Waals surface area contributed by atoms with E-state index in [0.29, 0.717) is 15.6 Å². The molecule has 0 fully saturated rings. The second-order valence-corrected chi connectivity index (χ2v) is 4.37. The summed E-state index contributed by atoms with van der Waals surface area (Å²) in [6.45, 7) is 1.85. The van der Waals surface area contributed by atoms with Gasteiger partial charge >= 0.3 is 5.97 Å². The molecule has 4 nitrogen and oxygen atoms in total. The molecule has 0 saturated carbocycles. The highest BCUT2D eigenvalue weighted by atomic mass is 32.1. The van der Waals surface area contributed by atoms with Crippen LogP contribution in [0.2, 0.25) is 0 Å². The van der Waals surface area contributed by atoms with E-state index in [4.69, 9.17) is 9.94 Å². The average Bonchev–Trinajstić information content (AvgIpc) is 2.73. The molecule has 18 heavy (non-hydrogen) atoms. The summed E-state index contributed by atoms with van der Waals surface area (Å²) < 4.78 is 18.5. The lowest BCUT2D eigenvalue weighted by atomic mass is 10.1. The van der Waals surface area contributed by atoms with Crippen molar-refractivity contribution in [3.05, 3.63) is 35.0 Å². The summed E-state index contributed by atoms with van der Waals surface area (Å²) in [7, 11) is 0. The van der Waals surface area contributed by atoms with Crippen LogP contribution in [-0.4, -0.2) is 23.5 Å². The smallest absolute Gasteiger partial charge is 0.361 e. The van der Waals surface area contributed by atoms with Gasteiger partial charge in [0.25, 0.3) is 0 Å². The van der Waals surface area contributed by atoms with Crippen molar-refractivity contribution in [1.29, 1.82) is 0 Å². The Labute approximate surface area is 106 Å². The van der Waals surface area contributed by atoms with Crippen LogP contribution in [-0.2, 0) is 9.53 Å². The van der Waals surface area contributed by atoms with E-state index in [1.54, 1.807) is 18.4 Å². The van der Waals surface area contributed by atoms with Crippen molar-refractivity contribution < 1.29 is 19.1 Å². The van der Waals surface area contributed by atoms with E-state index in [2.05, 4.69) is 5.16 Å². The molecule has 0 aliphatic carbocycles. The first kappa shape index (κ1) is 12.5. The average molecular weight is 267 g/mol. The fraction of sp³-hybridized carbons (Fsp3) is 0.167. The molecule has 0 bridgehead atoms. The summed E-state index contributed by atoms with van der Waals surface area (Å²) in [5, 5.41) is 14.2. The molecule has 1 N–H and O–H groups in total. The molecule has 0 aliphatic rings. The summed E-state index contributed by atoms with van der Waals surface area (Å²) in [4.78, 5) is 11.6. The lowest BCUT2D eigenvalue weighted by molar-refractivity contribution is -0.135. The van der Waals surface area contributed by atoms with E-state index in [1.807, 2.05) is 0 Å². The molecule has 2 aromatic rings. The number of hydrogen-bond donors (Lipinski definition) is 1.